The molecule has 78 valence electrons. The van der Waals surface area contributed by atoms with Crippen LogP contribution >= 0.6 is 0 Å². The van der Waals surface area contributed by atoms with E-state index in [1.54, 1.807) is 17.0 Å². The number of aromatic amines is 1. The van der Waals surface area contributed by atoms with E-state index < -0.39 is 0 Å². The van der Waals surface area contributed by atoms with Crippen LogP contribution in [0.4, 0.5) is 0 Å². The van der Waals surface area contributed by atoms with Gasteiger partial charge in [0.15, 0.2) is 5.65 Å². The Morgan fingerprint density at radius 2 is 2.38 bits per heavy atom. The quantitative estimate of drug-likeness (QED) is 0.462. The molecule has 0 aromatic carbocycles. The predicted octanol–water partition coefficient (Wildman–Crippen LogP) is 0.544. The van der Waals surface area contributed by atoms with Gasteiger partial charge in [0.25, 0.3) is 0 Å². The van der Waals surface area contributed by atoms with Crippen LogP contribution in [-0.4, -0.2) is 29.8 Å². The molecule has 1 N–H and O–H groups in total. The average Bonchev–Trinajstić information content (AvgIpc) is 2.94. The van der Waals surface area contributed by atoms with Crippen LogP contribution in [0.15, 0.2) is 18.9 Å². The minimum atomic E-state index is 0.567. The summed E-state index contributed by atoms with van der Waals surface area (Å²) in [7, 11) is 0. The summed E-state index contributed by atoms with van der Waals surface area (Å²) in [6.45, 7) is 0. The van der Waals surface area contributed by atoms with Crippen LogP contribution in [0.5, 0.6) is 11.8 Å². The second kappa shape index (κ2) is 2.57. The van der Waals surface area contributed by atoms with Crippen molar-refractivity contribution < 1.29 is 4.74 Å². The Kier molecular flexibility index (Phi) is 1.25. The lowest BCUT2D eigenvalue weighted by molar-refractivity contribution is 0.422. The van der Waals surface area contributed by atoms with Crippen LogP contribution in [-0.2, 0) is 6.42 Å². The summed E-state index contributed by atoms with van der Waals surface area (Å²) in [6, 6.07) is 0. The number of nitrogens with zero attached hydrogens (tertiary/aromatic N) is 5. The Hall–Kier alpha value is -2.44. The van der Waals surface area contributed by atoms with E-state index >= 15 is 0 Å². The number of aromatic nitrogens is 6. The molecule has 0 spiro atoms. The number of H-pyrrole nitrogens is 1. The number of rotatable bonds is 0. The van der Waals surface area contributed by atoms with Gasteiger partial charge in [-0.25, -0.2) is 19.6 Å². The van der Waals surface area contributed by atoms with E-state index in [9.17, 15) is 0 Å². The number of fused-ring (bicyclic) bond motifs is 4. The summed E-state index contributed by atoms with van der Waals surface area (Å²) in [5, 5.41) is 10.8. The smallest absolute Gasteiger partial charge is 0.230 e. The average molecular weight is 214 g/mol. The number of hydrogen-bond acceptors (Lipinski definition) is 5. The molecule has 7 heteroatoms. The van der Waals surface area contributed by atoms with E-state index in [0.717, 1.165) is 16.8 Å². The minimum Gasteiger partial charge on any atom is -0.420 e. The standard InChI is InChI=1S/C9H6N6O/c1-5-2-12-14-8(5)16-9-6(1)7-10-3-13-15(7)4-11-9/h2-4H,1H2,(H,12,14). The van der Waals surface area contributed by atoms with Crippen LogP contribution in [0.2, 0.25) is 0 Å². The molecular formula is C9H6N6O. The van der Waals surface area contributed by atoms with Gasteiger partial charge in [0, 0.05) is 12.0 Å². The highest BCUT2D eigenvalue weighted by atomic mass is 16.5. The second-order valence-electron chi connectivity index (χ2n) is 3.56. The van der Waals surface area contributed by atoms with Gasteiger partial charge in [0.1, 0.15) is 12.7 Å². The molecule has 0 aliphatic carbocycles. The summed E-state index contributed by atoms with van der Waals surface area (Å²) < 4.78 is 7.22. The summed E-state index contributed by atoms with van der Waals surface area (Å²) in [5.74, 6) is 1.22. The molecule has 0 radical (unpaired) electrons. The summed E-state index contributed by atoms with van der Waals surface area (Å²) in [4.78, 5) is 8.38. The third kappa shape index (κ3) is 0.867. The fraction of sp³-hybridized carbons (Fsp3) is 0.111. The molecule has 0 saturated heterocycles. The van der Waals surface area contributed by atoms with Gasteiger partial charge in [-0.05, 0) is 0 Å². The lowest BCUT2D eigenvalue weighted by atomic mass is 10.1. The highest BCUT2D eigenvalue weighted by molar-refractivity contribution is 5.56. The largest absolute Gasteiger partial charge is 0.420 e. The van der Waals surface area contributed by atoms with Gasteiger partial charge in [-0.2, -0.15) is 10.2 Å². The molecule has 0 saturated carbocycles. The van der Waals surface area contributed by atoms with Crippen molar-refractivity contribution in [1.29, 1.82) is 0 Å². The molecule has 1 aliphatic heterocycles. The van der Waals surface area contributed by atoms with Crippen molar-refractivity contribution in [2.24, 2.45) is 0 Å². The first kappa shape index (κ1) is 7.80. The van der Waals surface area contributed by atoms with Crippen molar-refractivity contribution in [3.63, 3.8) is 0 Å². The molecule has 0 amide bonds. The second-order valence-corrected chi connectivity index (χ2v) is 3.56. The maximum atomic E-state index is 5.58. The van der Waals surface area contributed by atoms with E-state index in [1.165, 1.54) is 6.33 Å². The monoisotopic (exact) mass is 214 g/mol. The number of ether oxygens (including phenoxy) is 1. The van der Waals surface area contributed by atoms with Crippen LogP contribution in [0.1, 0.15) is 11.1 Å². The van der Waals surface area contributed by atoms with Gasteiger partial charge in [0.05, 0.1) is 11.8 Å². The van der Waals surface area contributed by atoms with E-state index in [2.05, 4.69) is 25.3 Å². The molecule has 0 unspecified atom stereocenters. The first-order chi connectivity index (χ1) is 7.92. The third-order valence-electron chi connectivity index (χ3n) is 2.63. The van der Waals surface area contributed by atoms with Gasteiger partial charge in [-0.1, -0.05) is 0 Å². The lowest BCUT2D eigenvalue weighted by Crippen LogP contribution is -2.06. The Morgan fingerprint density at radius 3 is 3.38 bits per heavy atom. The SMILES string of the molecule is c1nc2c3c(ncn2n1)Oc1[nH]ncc1C3. The Balaban J connectivity index is 2.01. The van der Waals surface area contributed by atoms with Crippen LogP contribution in [0.25, 0.3) is 5.65 Å². The van der Waals surface area contributed by atoms with E-state index in [1.807, 2.05) is 0 Å². The summed E-state index contributed by atoms with van der Waals surface area (Å²) in [6.07, 6.45) is 5.54. The first-order valence-corrected chi connectivity index (χ1v) is 4.79. The Bertz CT molecular complexity index is 684. The van der Waals surface area contributed by atoms with Crippen LogP contribution in [0.3, 0.4) is 0 Å². The van der Waals surface area contributed by atoms with Gasteiger partial charge in [0.2, 0.25) is 11.8 Å². The van der Waals surface area contributed by atoms with E-state index in [0.29, 0.717) is 18.2 Å². The molecule has 1 aliphatic rings. The normalized spacial score (nSPS) is 13.2. The highest BCUT2D eigenvalue weighted by Crippen LogP contribution is 2.34. The fourth-order valence-electron chi connectivity index (χ4n) is 1.87. The van der Waals surface area contributed by atoms with Crippen molar-refractivity contribution in [2.75, 3.05) is 0 Å². The molecule has 0 bridgehead atoms. The van der Waals surface area contributed by atoms with E-state index in [4.69, 9.17) is 4.74 Å². The van der Waals surface area contributed by atoms with Crippen molar-refractivity contribution >= 4 is 5.65 Å². The van der Waals surface area contributed by atoms with E-state index in [-0.39, 0.29) is 0 Å². The molecule has 4 heterocycles. The Morgan fingerprint density at radius 1 is 1.38 bits per heavy atom. The van der Waals surface area contributed by atoms with Gasteiger partial charge >= 0.3 is 0 Å². The van der Waals surface area contributed by atoms with Crippen LogP contribution in [0, 0.1) is 0 Å². The third-order valence-corrected chi connectivity index (χ3v) is 2.63. The summed E-state index contributed by atoms with van der Waals surface area (Å²) in [5.41, 5.74) is 2.72. The molecule has 0 fully saturated rings. The maximum absolute atomic E-state index is 5.58. The van der Waals surface area contributed by atoms with Gasteiger partial charge < -0.3 is 4.74 Å². The van der Waals surface area contributed by atoms with Crippen LogP contribution < -0.4 is 4.74 Å². The van der Waals surface area contributed by atoms with Crippen molar-refractivity contribution in [2.45, 2.75) is 6.42 Å². The molecule has 3 aromatic rings. The lowest BCUT2D eigenvalue weighted by Gasteiger charge is -2.14. The zero-order valence-corrected chi connectivity index (χ0v) is 8.08. The zero-order valence-electron chi connectivity index (χ0n) is 8.08. The van der Waals surface area contributed by atoms with Crippen molar-refractivity contribution in [3.05, 3.63) is 30.0 Å². The number of hydrogen-bond donors (Lipinski definition) is 1. The topological polar surface area (TPSA) is 81.0 Å². The van der Waals surface area contributed by atoms with Gasteiger partial charge in [-0.15, -0.1) is 0 Å². The zero-order chi connectivity index (χ0) is 10.5. The predicted molar refractivity (Wildman–Crippen MR) is 52.2 cm³/mol. The molecule has 3 aromatic heterocycles. The molecule has 7 nitrogen and oxygen atoms in total. The molecule has 16 heavy (non-hydrogen) atoms. The Labute approximate surface area is 89.1 Å². The molecule has 4 rings (SSSR count). The first-order valence-electron chi connectivity index (χ1n) is 4.79. The molecule has 0 atom stereocenters. The number of nitrogens with one attached hydrogen (secondary N) is 1. The highest BCUT2D eigenvalue weighted by Gasteiger charge is 2.23. The summed E-state index contributed by atoms with van der Waals surface area (Å²) >= 11 is 0. The van der Waals surface area contributed by atoms with Crippen molar-refractivity contribution in [3.8, 4) is 11.8 Å². The maximum Gasteiger partial charge on any atom is 0.230 e. The minimum absolute atomic E-state index is 0.567. The molecular weight excluding hydrogens is 208 g/mol. The van der Waals surface area contributed by atoms with Crippen molar-refractivity contribution in [1.82, 2.24) is 29.8 Å². The fourth-order valence-corrected chi connectivity index (χ4v) is 1.87. The van der Waals surface area contributed by atoms with Gasteiger partial charge in [-0.3, -0.25) is 0 Å².